The second-order valence-corrected chi connectivity index (χ2v) is 15.1. The molecule has 2 aromatic carbocycles. The largest absolute Gasteiger partial charge is 0.508 e. The fraction of sp³-hybridized carbons (Fsp3) is 0.581. The fourth-order valence-electron chi connectivity index (χ4n) is 6.42. The summed E-state index contributed by atoms with van der Waals surface area (Å²) in [6.07, 6.45) is 12.3. The highest BCUT2D eigenvalue weighted by molar-refractivity contribution is 5.95. The molecular formula is C43H65N5O8. The van der Waals surface area contributed by atoms with Crippen molar-refractivity contribution in [3.8, 4) is 5.75 Å². The quantitative estimate of drug-likeness (QED) is 0.0543. The number of amides is 5. The number of carbonyl (C=O) groups excluding carboxylic acids is 5. The van der Waals surface area contributed by atoms with Gasteiger partial charge < -0.3 is 37.2 Å². The lowest BCUT2D eigenvalue weighted by Crippen LogP contribution is -2.59. The van der Waals surface area contributed by atoms with Crippen LogP contribution < -0.4 is 27.0 Å². The molecule has 5 amide bonds. The van der Waals surface area contributed by atoms with Crippen LogP contribution in [0.15, 0.2) is 54.6 Å². The van der Waals surface area contributed by atoms with Gasteiger partial charge in [-0.05, 0) is 48.4 Å². The number of nitrogens with one attached hydrogen (secondary N) is 4. The van der Waals surface area contributed by atoms with E-state index in [2.05, 4.69) is 28.2 Å². The van der Waals surface area contributed by atoms with E-state index < -0.39 is 53.8 Å². The van der Waals surface area contributed by atoms with Gasteiger partial charge in [-0.2, -0.15) is 0 Å². The zero-order valence-corrected chi connectivity index (χ0v) is 33.5. The van der Waals surface area contributed by atoms with E-state index in [0.717, 1.165) is 19.3 Å². The maximum atomic E-state index is 14.0. The highest BCUT2D eigenvalue weighted by Gasteiger charge is 2.32. The monoisotopic (exact) mass is 779 g/mol. The number of carbonyl (C=O) groups is 6. The van der Waals surface area contributed by atoms with E-state index >= 15 is 0 Å². The van der Waals surface area contributed by atoms with Crippen LogP contribution in [-0.2, 0) is 41.6 Å². The number of phenols is 1. The summed E-state index contributed by atoms with van der Waals surface area (Å²) in [4.78, 5) is 78.1. The molecule has 0 aliphatic carbocycles. The predicted octanol–water partition coefficient (Wildman–Crippen LogP) is 5.21. The van der Waals surface area contributed by atoms with Crippen LogP contribution in [0, 0.1) is 5.92 Å². The Balaban J connectivity index is 2.12. The van der Waals surface area contributed by atoms with Gasteiger partial charge in [-0.1, -0.05) is 127 Å². The Morgan fingerprint density at radius 3 is 1.62 bits per heavy atom. The number of hydrogen-bond acceptors (Lipinski definition) is 7. The number of carboxylic acid groups (broad SMARTS) is 1. The Kier molecular flexibility index (Phi) is 22.6. The second-order valence-electron chi connectivity index (χ2n) is 15.1. The summed E-state index contributed by atoms with van der Waals surface area (Å²) < 4.78 is 0. The molecule has 2 aromatic rings. The molecule has 0 bridgehead atoms. The van der Waals surface area contributed by atoms with Gasteiger partial charge >= 0.3 is 5.97 Å². The van der Waals surface area contributed by atoms with Crippen molar-refractivity contribution in [1.82, 2.24) is 21.3 Å². The third-order valence-electron chi connectivity index (χ3n) is 9.60. The molecule has 0 aliphatic rings. The molecule has 4 atom stereocenters. The van der Waals surface area contributed by atoms with Gasteiger partial charge in [-0.3, -0.25) is 28.8 Å². The van der Waals surface area contributed by atoms with Crippen LogP contribution in [0.2, 0.25) is 0 Å². The van der Waals surface area contributed by atoms with Crippen molar-refractivity contribution < 1.29 is 39.0 Å². The molecule has 0 aliphatic heterocycles. The Morgan fingerprint density at radius 2 is 1.07 bits per heavy atom. The van der Waals surface area contributed by atoms with Gasteiger partial charge in [0.1, 0.15) is 29.9 Å². The maximum Gasteiger partial charge on any atom is 0.303 e. The van der Waals surface area contributed by atoms with E-state index in [1.165, 1.54) is 57.1 Å². The molecule has 0 unspecified atom stereocenters. The minimum absolute atomic E-state index is 0.0392. The molecule has 0 aromatic heterocycles. The fourth-order valence-corrected chi connectivity index (χ4v) is 6.42. The van der Waals surface area contributed by atoms with Crippen molar-refractivity contribution >= 4 is 35.5 Å². The van der Waals surface area contributed by atoms with Crippen molar-refractivity contribution in [3.63, 3.8) is 0 Å². The highest BCUT2D eigenvalue weighted by Crippen LogP contribution is 2.15. The van der Waals surface area contributed by atoms with E-state index in [4.69, 9.17) is 5.73 Å². The van der Waals surface area contributed by atoms with Crippen molar-refractivity contribution in [3.05, 3.63) is 65.7 Å². The SMILES string of the molecule is CCCCCCCCCCCCCC(=O)N[C@@H](CCC(=O)O)C(=O)N[C@@H](Cc1ccccc1)C(=O)N[C@@H](CC(C)C)C(=O)N[C@@H](Cc1ccc(O)cc1)C(N)=O. The van der Waals surface area contributed by atoms with Gasteiger partial charge in [0, 0.05) is 25.7 Å². The molecule has 8 N–H and O–H groups in total. The normalized spacial score (nSPS) is 13.2. The molecule has 13 heteroatoms. The van der Waals surface area contributed by atoms with Crippen LogP contribution >= 0.6 is 0 Å². The van der Waals surface area contributed by atoms with Crippen LogP contribution in [-0.4, -0.2) is 69.9 Å². The first-order valence-corrected chi connectivity index (χ1v) is 20.3. The lowest BCUT2D eigenvalue weighted by molar-refractivity contribution is -0.138. The summed E-state index contributed by atoms with van der Waals surface area (Å²) >= 11 is 0. The Bertz CT molecular complexity index is 1500. The van der Waals surface area contributed by atoms with Gasteiger partial charge in [0.05, 0.1) is 0 Å². The molecule has 0 radical (unpaired) electrons. The Morgan fingerprint density at radius 1 is 0.589 bits per heavy atom. The van der Waals surface area contributed by atoms with Crippen molar-refractivity contribution in [2.24, 2.45) is 11.7 Å². The number of aromatic hydroxyl groups is 1. The molecule has 13 nitrogen and oxygen atoms in total. The Labute approximate surface area is 332 Å². The molecule has 2 rings (SSSR count). The number of rotatable bonds is 29. The maximum absolute atomic E-state index is 14.0. The second kappa shape index (κ2) is 26.8. The van der Waals surface area contributed by atoms with Gasteiger partial charge in [-0.25, -0.2) is 0 Å². The highest BCUT2D eigenvalue weighted by atomic mass is 16.4. The van der Waals surface area contributed by atoms with E-state index in [-0.39, 0.29) is 56.1 Å². The average molecular weight is 780 g/mol. The van der Waals surface area contributed by atoms with Gasteiger partial charge in [0.2, 0.25) is 29.5 Å². The van der Waals surface area contributed by atoms with Crippen LogP contribution in [0.5, 0.6) is 5.75 Å². The van der Waals surface area contributed by atoms with Crippen LogP contribution in [0.1, 0.15) is 128 Å². The summed E-state index contributed by atoms with van der Waals surface area (Å²) in [6, 6.07) is 10.4. The van der Waals surface area contributed by atoms with Crippen LogP contribution in [0.3, 0.4) is 0 Å². The standard InChI is InChI=1S/C43H65N5O8/c1-4-5-6-7-8-9-10-11-12-13-17-20-38(50)45-34(25-26-39(51)52)41(54)48-37(29-31-18-15-14-16-19-31)43(56)47-36(27-30(2)3)42(55)46-35(40(44)53)28-32-21-23-33(49)24-22-32/h14-16,18-19,21-24,30,34-37,49H,4-13,17,20,25-29H2,1-3H3,(H2,44,53)(H,45,50)(H,46,55)(H,47,56)(H,48,54)(H,51,52)/t34-,35-,36-,37-/m0/s1. The average Bonchev–Trinajstić information content (AvgIpc) is 3.15. The predicted molar refractivity (Wildman–Crippen MR) is 216 cm³/mol. The molecule has 56 heavy (non-hydrogen) atoms. The van der Waals surface area contributed by atoms with E-state index in [0.29, 0.717) is 17.5 Å². The van der Waals surface area contributed by atoms with Crippen LogP contribution in [0.25, 0.3) is 0 Å². The van der Waals surface area contributed by atoms with E-state index in [9.17, 15) is 39.0 Å². The minimum atomic E-state index is -1.21. The number of aliphatic carboxylic acids is 1. The van der Waals surface area contributed by atoms with Gasteiger partial charge in [0.15, 0.2) is 0 Å². The topological polar surface area (TPSA) is 217 Å². The van der Waals surface area contributed by atoms with E-state index in [1.807, 2.05) is 13.8 Å². The van der Waals surface area contributed by atoms with E-state index in [1.54, 1.807) is 42.5 Å². The van der Waals surface area contributed by atoms with Crippen LogP contribution in [0.4, 0.5) is 0 Å². The number of carboxylic acids is 1. The molecule has 0 spiro atoms. The van der Waals surface area contributed by atoms with Crippen molar-refractivity contribution in [2.75, 3.05) is 0 Å². The first kappa shape index (κ1) is 47.2. The molecule has 0 heterocycles. The molecule has 0 saturated carbocycles. The lowest BCUT2D eigenvalue weighted by Gasteiger charge is -2.27. The van der Waals surface area contributed by atoms with Crippen molar-refractivity contribution in [2.45, 2.75) is 154 Å². The first-order valence-electron chi connectivity index (χ1n) is 20.3. The Hall–Kier alpha value is -4.94. The summed E-state index contributed by atoms with van der Waals surface area (Å²) in [7, 11) is 0. The lowest BCUT2D eigenvalue weighted by atomic mass is 9.99. The number of hydrogen-bond donors (Lipinski definition) is 7. The van der Waals surface area contributed by atoms with Gasteiger partial charge in [-0.15, -0.1) is 0 Å². The van der Waals surface area contributed by atoms with Gasteiger partial charge in [0.25, 0.3) is 0 Å². The zero-order valence-electron chi connectivity index (χ0n) is 33.5. The summed E-state index contributed by atoms with van der Waals surface area (Å²) in [5.41, 5.74) is 6.98. The molecule has 0 saturated heterocycles. The molecular weight excluding hydrogens is 714 g/mol. The number of unbranched alkanes of at least 4 members (excludes halogenated alkanes) is 10. The molecule has 0 fully saturated rings. The third-order valence-corrected chi connectivity index (χ3v) is 9.60. The third kappa shape index (κ3) is 20.1. The molecule has 310 valence electrons. The number of phenolic OH excluding ortho intramolecular Hbond substituents is 1. The van der Waals surface area contributed by atoms with Crippen molar-refractivity contribution in [1.29, 1.82) is 0 Å². The summed E-state index contributed by atoms with van der Waals surface area (Å²) in [5, 5.41) is 29.8. The summed E-state index contributed by atoms with van der Waals surface area (Å²) in [6.45, 7) is 5.94. The minimum Gasteiger partial charge on any atom is -0.508 e. The number of primary amides is 1. The zero-order chi connectivity index (χ0) is 41.3. The first-order chi connectivity index (χ1) is 26.8. The number of nitrogens with two attached hydrogens (primary N) is 1. The smallest absolute Gasteiger partial charge is 0.303 e. The summed E-state index contributed by atoms with van der Waals surface area (Å²) in [5.74, 6) is -4.36. The number of benzene rings is 2.